The van der Waals surface area contributed by atoms with Crippen LogP contribution in [0.25, 0.3) is 0 Å². The van der Waals surface area contributed by atoms with E-state index < -0.39 is 17.2 Å². The number of carbonyl (C=O) groups excluding carboxylic acids is 1. The number of anilines is 2. The molecular weight excluding hydrogens is 233 g/mol. The summed E-state index contributed by atoms with van der Waals surface area (Å²) in [5, 5.41) is 2.57. The number of benzene rings is 1. The fourth-order valence-electron chi connectivity index (χ4n) is 2.32. The van der Waals surface area contributed by atoms with Crippen LogP contribution in [0.1, 0.15) is 24.0 Å². The molecule has 90 valence electrons. The van der Waals surface area contributed by atoms with Gasteiger partial charge in [0.15, 0.2) is 0 Å². The van der Waals surface area contributed by atoms with Crippen molar-refractivity contribution in [1.29, 1.82) is 0 Å². The van der Waals surface area contributed by atoms with Crippen LogP contribution in [0, 0.1) is 0 Å². The highest BCUT2D eigenvalue weighted by Gasteiger charge is 2.57. The zero-order valence-corrected chi connectivity index (χ0v) is 8.69. The third-order valence-electron chi connectivity index (χ3n) is 3.43. The first-order valence-electron chi connectivity index (χ1n) is 5.17. The van der Waals surface area contributed by atoms with Gasteiger partial charge in [-0.15, -0.1) is 0 Å². The number of amides is 1. The fourth-order valence-corrected chi connectivity index (χ4v) is 2.32. The molecule has 0 atom stereocenters. The molecule has 3 N–H and O–H groups in total. The second-order valence-electron chi connectivity index (χ2n) is 4.52. The number of carbonyl (C=O) groups is 1. The van der Waals surface area contributed by atoms with E-state index in [4.69, 9.17) is 5.73 Å². The molecule has 1 saturated carbocycles. The van der Waals surface area contributed by atoms with Crippen LogP contribution in [0.2, 0.25) is 0 Å². The first-order chi connectivity index (χ1) is 7.84. The number of hydrogen-bond acceptors (Lipinski definition) is 2. The Hall–Kier alpha value is -1.72. The van der Waals surface area contributed by atoms with E-state index in [0.717, 1.165) is 12.1 Å². The largest absolute Gasteiger partial charge is 0.416 e. The predicted octanol–water partition coefficient (Wildman–Crippen LogP) is 2.27. The molecule has 1 heterocycles. The quantitative estimate of drug-likeness (QED) is 0.686. The minimum atomic E-state index is -4.44. The molecule has 1 aromatic carbocycles. The summed E-state index contributed by atoms with van der Waals surface area (Å²) in [6, 6.07) is 1.90. The summed E-state index contributed by atoms with van der Waals surface area (Å²) < 4.78 is 37.9. The second-order valence-corrected chi connectivity index (χ2v) is 4.52. The van der Waals surface area contributed by atoms with Gasteiger partial charge in [-0.05, 0) is 30.5 Å². The molecule has 0 saturated heterocycles. The molecule has 0 unspecified atom stereocenters. The molecule has 1 aromatic rings. The summed E-state index contributed by atoms with van der Waals surface area (Å²) in [5.41, 5.74) is 4.75. The second kappa shape index (κ2) is 2.75. The van der Waals surface area contributed by atoms with E-state index >= 15 is 0 Å². The molecule has 0 aromatic heterocycles. The van der Waals surface area contributed by atoms with E-state index in [1.165, 1.54) is 0 Å². The highest BCUT2D eigenvalue weighted by Crippen LogP contribution is 2.57. The van der Waals surface area contributed by atoms with Crippen LogP contribution in [-0.4, -0.2) is 5.91 Å². The maximum absolute atomic E-state index is 12.6. The summed E-state index contributed by atoms with van der Waals surface area (Å²) in [4.78, 5) is 11.7. The Morgan fingerprint density at radius 3 is 2.47 bits per heavy atom. The molecule has 17 heavy (non-hydrogen) atoms. The average molecular weight is 242 g/mol. The summed E-state index contributed by atoms with van der Waals surface area (Å²) in [5.74, 6) is -0.237. The number of rotatable bonds is 0. The van der Waals surface area contributed by atoms with E-state index in [0.29, 0.717) is 24.1 Å². The van der Waals surface area contributed by atoms with Gasteiger partial charge in [0.1, 0.15) is 0 Å². The normalized spacial score (nSPS) is 20.3. The zero-order chi connectivity index (χ0) is 12.4. The SMILES string of the molecule is Nc1cc(C(F)(F)F)cc2c1NC(=O)C21CC1. The third kappa shape index (κ3) is 1.26. The number of halogens is 3. The van der Waals surface area contributed by atoms with Crippen LogP contribution in [0.4, 0.5) is 24.5 Å². The number of nitrogens with one attached hydrogen (secondary N) is 1. The molecule has 3 rings (SSSR count). The minimum absolute atomic E-state index is 0.0213. The smallest absolute Gasteiger partial charge is 0.397 e. The van der Waals surface area contributed by atoms with Gasteiger partial charge in [-0.1, -0.05) is 0 Å². The van der Waals surface area contributed by atoms with Gasteiger partial charge >= 0.3 is 6.18 Å². The van der Waals surface area contributed by atoms with Gasteiger partial charge in [-0.25, -0.2) is 0 Å². The first kappa shape index (κ1) is 10.4. The van der Waals surface area contributed by atoms with Gasteiger partial charge in [0.2, 0.25) is 5.91 Å². The van der Waals surface area contributed by atoms with Crippen molar-refractivity contribution in [3.63, 3.8) is 0 Å². The van der Waals surface area contributed by atoms with Crippen LogP contribution in [0.15, 0.2) is 12.1 Å². The molecule has 0 radical (unpaired) electrons. The molecule has 1 spiro atoms. The number of nitrogens with two attached hydrogens (primary N) is 1. The van der Waals surface area contributed by atoms with Gasteiger partial charge in [0.25, 0.3) is 0 Å². The lowest BCUT2D eigenvalue weighted by atomic mass is 9.95. The van der Waals surface area contributed by atoms with Crippen LogP contribution in [0.3, 0.4) is 0 Å². The molecule has 1 amide bonds. The van der Waals surface area contributed by atoms with Crippen molar-refractivity contribution in [2.24, 2.45) is 0 Å². The number of hydrogen-bond donors (Lipinski definition) is 2. The zero-order valence-electron chi connectivity index (χ0n) is 8.69. The maximum Gasteiger partial charge on any atom is 0.416 e. The Labute approximate surface area is 94.8 Å². The standard InChI is InChI=1S/C11H9F3N2O/c12-11(13,14)5-3-6-8(7(15)4-5)16-9(17)10(6)1-2-10/h3-4H,1-2,15H2,(H,16,17). The summed E-state index contributed by atoms with van der Waals surface area (Å²) in [6.07, 6.45) is -3.26. The molecule has 1 fully saturated rings. The Balaban J connectivity index is 2.21. The van der Waals surface area contributed by atoms with Crippen molar-refractivity contribution in [3.8, 4) is 0 Å². The Bertz CT molecular complexity index is 532. The number of alkyl halides is 3. The Kier molecular flexibility index (Phi) is 1.69. The van der Waals surface area contributed by atoms with Crippen molar-refractivity contribution < 1.29 is 18.0 Å². The molecule has 6 heteroatoms. The van der Waals surface area contributed by atoms with Crippen molar-refractivity contribution in [1.82, 2.24) is 0 Å². The number of fused-ring (bicyclic) bond motifs is 2. The van der Waals surface area contributed by atoms with E-state index in [1.807, 2.05) is 0 Å². The monoisotopic (exact) mass is 242 g/mol. The van der Waals surface area contributed by atoms with Gasteiger partial charge in [0.05, 0.1) is 22.4 Å². The molecule has 0 bridgehead atoms. The van der Waals surface area contributed by atoms with E-state index in [2.05, 4.69) is 5.32 Å². The highest BCUT2D eigenvalue weighted by molar-refractivity contribution is 6.10. The van der Waals surface area contributed by atoms with Crippen molar-refractivity contribution in [2.45, 2.75) is 24.4 Å². The fraction of sp³-hybridized carbons (Fsp3) is 0.364. The molecular formula is C11H9F3N2O. The molecule has 1 aliphatic carbocycles. The van der Waals surface area contributed by atoms with Crippen LogP contribution in [-0.2, 0) is 16.4 Å². The van der Waals surface area contributed by atoms with Crippen LogP contribution < -0.4 is 11.1 Å². The summed E-state index contributed by atoms with van der Waals surface area (Å²) in [7, 11) is 0. The van der Waals surface area contributed by atoms with Crippen molar-refractivity contribution in [3.05, 3.63) is 23.3 Å². The van der Waals surface area contributed by atoms with Crippen molar-refractivity contribution >= 4 is 17.3 Å². The molecule has 3 nitrogen and oxygen atoms in total. The third-order valence-corrected chi connectivity index (χ3v) is 3.43. The van der Waals surface area contributed by atoms with Crippen LogP contribution >= 0.6 is 0 Å². The highest BCUT2D eigenvalue weighted by atomic mass is 19.4. The van der Waals surface area contributed by atoms with Gasteiger partial charge in [0, 0.05) is 0 Å². The van der Waals surface area contributed by atoms with E-state index in [9.17, 15) is 18.0 Å². The molecule has 1 aliphatic heterocycles. The van der Waals surface area contributed by atoms with E-state index in [-0.39, 0.29) is 11.6 Å². The minimum Gasteiger partial charge on any atom is -0.397 e. The average Bonchev–Trinajstić information content (AvgIpc) is 2.94. The topological polar surface area (TPSA) is 55.1 Å². The van der Waals surface area contributed by atoms with E-state index in [1.54, 1.807) is 0 Å². The number of nitrogen functional groups attached to an aromatic ring is 1. The van der Waals surface area contributed by atoms with Crippen molar-refractivity contribution in [2.75, 3.05) is 11.1 Å². The Morgan fingerprint density at radius 2 is 1.94 bits per heavy atom. The van der Waals surface area contributed by atoms with Gasteiger partial charge in [-0.2, -0.15) is 13.2 Å². The maximum atomic E-state index is 12.6. The molecule has 2 aliphatic rings. The predicted molar refractivity (Wildman–Crippen MR) is 55.4 cm³/mol. The lowest BCUT2D eigenvalue weighted by molar-refractivity contribution is -0.137. The van der Waals surface area contributed by atoms with Gasteiger partial charge < -0.3 is 11.1 Å². The summed E-state index contributed by atoms with van der Waals surface area (Å²) in [6.45, 7) is 0. The lowest BCUT2D eigenvalue weighted by Crippen LogP contribution is -2.18. The van der Waals surface area contributed by atoms with Gasteiger partial charge in [-0.3, -0.25) is 4.79 Å². The summed E-state index contributed by atoms with van der Waals surface area (Å²) >= 11 is 0. The lowest BCUT2D eigenvalue weighted by Gasteiger charge is -2.12. The first-order valence-corrected chi connectivity index (χ1v) is 5.17. The Morgan fingerprint density at radius 1 is 1.29 bits per heavy atom. The van der Waals surface area contributed by atoms with Crippen LogP contribution in [0.5, 0.6) is 0 Å².